The first kappa shape index (κ1) is 12.1. The molecule has 0 aromatic heterocycles. The van der Waals surface area contributed by atoms with E-state index in [0.717, 1.165) is 11.1 Å². The Labute approximate surface area is 101 Å². The van der Waals surface area contributed by atoms with Crippen LogP contribution in [0.3, 0.4) is 0 Å². The van der Waals surface area contributed by atoms with Crippen LogP contribution in [-0.4, -0.2) is 5.91 Å². The van der Waals surface area contributed by atoms with E-state index in [9.17, 15) is 9.18 Å². The van der Waals surface area contributed by atoms with Crippen LogP contribution in [0.15, 0.2) is 6.07 Å². The summed E-state index contributed by atoms with van der Waals surface area (Å²) in [6.45, 7) is 7.73. The minimum atomic E-state index is -0.217. The molecule has 0 atom stereocenters. The summed E-state index contributed by atoms with van der Waals surface area (Å²) in [5.74, 6) is -0.220. The van der Waals surface area contributed by atoms with E-state index < -0.39 is 0 Å². The average molecular weight is 235 g/mol. The van der Waals surface area contributed by atoms with Crippen LogP contribution in [0.5, 0.6) is 0 Å². The Morgan fingerprint density at radius 3 is 2.53 bits per heavy atom. The number of aryl methyl sites for hydroxylation is 1. The summed E-state index contributed by atoms with van der Waals surface area (Å²) in [7, 11) is 0. The highest BCUT2D eigenvalue weighted by atomic mass is 19.1. The molecule has 0 saturated heterocycles. The summed E-state index contributed by atoms with van der Waals surface area (Å²) in [6, 6.07) is 1.90. The third-order valence-corrected chi connectivity index (χ3v) is 3.27. The van der Waals surface area contributed by atoms with Crippen molar-refractivity contribution in [1.29, 1.82) is 0 Å². The Morgan fingerprint density at radius 1 is 1.29 bits per heavy atom. The number of halogens is 1. The first-order valence-corrected chi connectivity index (χ1v) is 5.93. The van der Waals surface area contributed by atoms with E-state index in [-0.39, 0.29) is 17.1 Å². The molecule has 1 amide bonds. The van der Waals surface area contributed by atoms with Crippen molar-refractivity contribution in [3.05, 3.63) is 28.6 Å². The fourth-order valence-electron chi connectivity index (χ4n) is 2.23. The first-order valence-electron chi connectivity index (χ1n) is 5.93. The number of amides is 1. The lowest BCUT2D eigenvalue weighted by Gasteiger charge is -2.26. The zero-order chi connectivity index (χ0) is 12.8. The maximum atomic E-state index is 14.3. The number of carbonyl (C=O) groups excluding carboxylic acids is 1. The predicted molar refractivity (Wildman–Crippen MR) is 66.8 cm³/mol. The highest BCUT2D eigenvalue weighted by molar-refractivity contribution is 5.94. The van der Waals surface area contributed by atoms with Crippen LogP contribution in [0, 0.1) is 12.7 Å². The van der Waals surface area contributed by atoms with Gasteiger partial charge in [0.1, 0.15) is 5.82 Å². The second kappa shape index (κ2) is 3.83. The SMILES string of the molecule is Cc1c(F)c(C(C)(C)C)cc2c1NC(=O)CC2. The Hall–Kier alpha value is -1.38. The topological polar surface area (TPSA) is 29.1 Å². The van der Waals surface area contributed by atoms with Crippen molar-refractivity contribution in [3.8, 4) is 0 Å². The molecule has 1 aromatic rings. The summed E-state index contributed by atoms with van der Waals surface area (Å²) < 4.78 is 14.3. The molecule has 2 nitrogen and oxygen atoms in total. The molecule has 0 spiro atoms. The van der Waals surface area contributed by atoms with Crippen LogP contribution in [0.1, 0.15) is 43.9 Å². The molecular formula is C14H18FNO. The summed E-state index contributed by atoms with van der Waals surface area (Å²) in [5.41, 5.74) is 2.79. The van der Waals surface area contributed by atoms with E-state index in [1.54, 1.807) is 6.92 Å². The average Bonchev–Trinajstić information content (AvgIpc) is 2.22. The van der Waals surface area contributed by atoms with E-state index in [1.807, 2.05) is 26.8 Å². The van der Waals surface area contributed by atoms with Gasteiger partial charge in [-0.2, -0.15) is 0 Å². The lowest BCUT2D eigenvalue weighted by atomic mass is 9.82. The van der Waals surface area contributed by atoms with Gasteiger partial charge in [0.15, 0.2) is 0 Å². The van der Waals surface area contributed by atoms with Gasteiger partial charge in [0.2, 0.25) is 5.91 Å². The molecule has 92 valence electrons. The van der Waals surface area contributed by atoms with Crippen LogP contribution in [-0.2, 0) is 16.6 Å². The number of benzene rings is 1. The molecule has 1 aliphatic rings. The fraction of sp³-hybridized carbons (Fsp3) is 0.500. The second-order valence-electron chi connectivity index (χ2n) is 5.70. The number of rotatable bonds is 0. The van der Waals surface area contributed by atoms with E-state index >= 15 is 0 Å². The standard InChI is InChI=1S/C14H18FNO/c1-8-12(15)10(14(2,3)4)7-9-5-6-11(17)16-13(8)9/h7H,5-6H2,1-4H3,(H,16,17). The Bertz CT molecular complexity index is 486. The maximum absolute atomic E-state index is 14.3. The van der Waals surface area contributed by atoms with Crippen molar-refractivity contribution >= 4 is 11.6 Å². The molecule has 0 saturated carbocycles. The fourth-order valence-corrected chi connectivity index (χ4v) is 2.23. The predicted octanol–water partition coefficient (Wildman–Crippen LogP) is 3.32. The van der Waals surface area contributed by atoms with Gasteiger partial charge in [0.25, 0.3) is 0 Å². The van der Waals surface area contributed by atoms with Gasteiger partial charge in [-0.3, -0.25) is 4.79 Å². The van der Waals surface area contributed by atoms with Crippen molar-refractivity contribution in [3.63, 3.8) is 0 Å². The number of carbonyl (C=O) groups is 1. The third kappa shape index (κ3) is 2.06. The highest BCUT2D eigenvalue weighted by Gasteiger charge is 2.26. The molecule has 3 heteroatoms. The normalized spacial score (nSPS) is 15.5. The minimum Gasteiger partial charge on any atom is -0.325 e. The molecule has 0 unspecified atom stereocenters. The first-order chi connectivity index (χ1) is 7.80. The van der Waals surface area contributed by atoms with Crippen molar-refractivity contribution in [2.45, 2.75) is 46.0 Å². The summed E-state index contributed by atoms with van der Waals surface area (Å²) in [5, 5.41) is 2.77. The smallest absolute Gasteiger partial charge is 0.224 e. The van der Waals surface area contributed by atoms with Gasteiger partial charge in [-0.05, 0) is 29.9 Å². The number of nitrogens with one attached hydrogen (secondary N) is 1. The van der Waals surface area contributed by atoms with Gasteiger partial charge in [-0.1, -0.05) is 26.8 Å². The van der Waals surface area contributed by atoms with Gasteiger partial charge in [-0.25, -0.2) is 4.39 Å². The molecule has 0 fully saturated rings. The number of hydrogen-bond donors (Lipinski definition) is 1. The molecule has 1 N–H and O–H groups in total. The molecule has 0 radical (unpaired) electrons. The van der Waals surface area contributed by atoms with Crippen LogP contribution in [0.25, 0.3) is 0 Å². The molecule has 1 heterocycles. The quantitative estimate of drug-likeness (QED) is 0.734. The molecule has 0 bridgehead atoms. The van der Waals surface area contributed by atoms with Gasteiger partial charge in [0, 0.05) is 17.7 Å². The van der Waals surface area contributed by atoms with Crippen molar-refractivity contribution in [2.75, 3.05) is 5.32 Å². The zero-order valence-electron chi connectivity index (χ0n) is 10.8. The van der Waals surface area contributed by atoms with Crippen molar-refractivity contribution < 1.29 is 9.18 Å². The van der Waals surface area contributed by atoms with Gasteiger partial charge in [0.05, 0.1) is 0 Å². The Balaban J connectivity index is 2.62. The van der Waals surface area contributed by atoms with E-state index in [1.165, 1.54) is 0 Å². The summed E-state index contributed by atoms with van der Waals surface area (Å²) in [4.78, 5) is 11.3. The number of fused-ring (bicyclic) bond motifs is 1. The summed E-state index contributed by atoms with van der Waals surface area (Å²) >= 11 is 0. The largest absolute Gasteiger partial charge is 0.325 e. The zero-order valence-corrected chi connectivity index (χ0v) is 10.8. The number of hydrogen-bond acceptors (Lipinski definition) is 1. The highest BCUT2D eigenvalue weighted by Crippen LogP contribution is 2.35. The van der Waals surface area contributed by atoms with Crippen LogP contribution in [0.4, 0.5) is 10.1 Å². The van der Waals surface area contributed by atoms with E-state index in [2.05, 4.69) is 5.32 Å². The molecule has 0 aliphatic carbocycles. The van der Waals surface area contributed by atoms with E-state index in [0.29, 0.717) is 24.1 Å². The minimum absolute atomic E-state index is 0.0245. The Kier molecular flexibility index (Phi) is 2.72. The van der Waals surface area contributed by atoms with Gasteiger partial charge >= 0.3 is 0 Å². The van der Waals surface area contributed by atoms with Crippen molar-refractivity contribution in [2.24, 2.45) is 0 Å². The van der Waals surface area contributed by atoms with E-state index in [4.69, 9.17) is 0 Å². The van der Waals surface area contributed by atoms with Crippen LogP contribution in [0.2, 0.25) is 0 Å². The van der Waals surface area contributed by atoms with Crippen LogP contribution >= 0.6 is 0 Å². The second-order valence-corrected chi connectivity index (χ2v) is 5.70. The molecule has 17 heavy (non-hydrogen) atoms. The molecule has 1 aromatic carbocycles. The summed E-state index contributed by atoms with van der Waals surface area (Å²) in [6.07, 6.45) is 1.19. The molecule has 1 aliphatic heterocycles. The van der Waals surface area contributed by atoms with Crippen molar-refractivity contribution in [1.82, 2.24) is 0 Å². The van der Waals surface area contributed by atoms with Gasteiger partial charge < -0.3 is 5.32 Å². The van der Waals surface area contributed by atoms with Crippen LogP contribution < -0.4 is 5.32 Å². The van der Waals surface area contributed by atoms with Gasteiger partial charge in [-0.15, -0.1) is 0 Å². The molecule has 2 rings (SSSR count). The maximum Gasteiger partial charge on any atom is 0.224 e. The lowest BCUT2D eigenvalue weighted by Crippen LogP contribution is -2.23. The third-order valence-electron chi connectivity index (χ3n) is 3.27. The monoisotopic (exact) mass is 235 g/mol. The Morgan fingerprint density at radius 2 is 1.94 bits per heavy atom. The number of anilines is 1. The lowest BCUT2D eigenvalue weighted by molar-refractivity contribution is -0.116. The molecular weight excluding hydrogens is 217 g/mol.